The number of hydrogen-bond acceptors (Lipinski definition) is 1. The summed E-state index contributed by atoms with van der Waals surface area (Å²) in [4.78, 5) is 0. The van der Waals surface area contributed by atoms with Crippen LogP contribution in [0.1, 0.15) is 39.3 Å². The topological polar surface area (TPSA) is 17.2 Å². The van der Waals surface area contributed by atoms with Crippen LogP contribution < -0.4 is 4.74 Å². The predicted octanol–water partition coefficient (Wildman–Crippen LogP) is 5.57. The molecule has 0 amide bonds. The van der Waals surface area contributed by atoms with Crippen molar-refractivity contribution in [1.82, 2.24) is 4.57 Å². The minimum absolute atomic E-state index is 0.582. The van der Waals surface area contributed by atoms with E-state index in [9.17, 15) is 8.63 Å². The van der Waals surface area contributed by atoms with E-state index in [1.54, 1.807) is 14.0 Å². The molecule has 0 unspecified atom stereocenters. The Hall–Kier alpha value is -2.63. The molecule has 0 N–H and O–H groups in total. The molecule has 0 saturated carbocycles. The van der Waals surface area contributed by atoms with E-state index in [-0.39, 0.29) is 0 Å². The summed E-state index contributed by atoms with van der Waals surface area (Å²) < 4.78 is 36.0. The van der Waals surface area contributed by atoms with Gasteiger partial charge in [-0.25, -0.2) is 13.1 Å². The van der Waals surface area contributed by atoms with Crippen molar-refractivity contribution in [1.29, 1.82) is 0 Å². The van der Waals surface area contributed by atoms with E-state index < -0.39 is 7.40 Å². The molecule has 0 atom stereocenters. The first-order valence-electron chi connectivity index (χ1n) is 9.52. The fourth-order valence-electron chi connectivity index (χ4n) is 3.84. The van der Waals surface area contributed by atoms with Gasteiger partial charge in [-0.3, -0.25) is 0 Å². The van der Waals surface area contributed by atoms with Gasteiger partial charge in [0.1, 0.15) is 5.75 Å². The van der Waals surface area contributed by atoms with Crippen LogP contribution in [0.25, 0.3) is 17.3 Å². The molecule has 1 aliphatic rings. The van der Waals surface area contributed by atoms with E-state index in [2.05, 4.69) is 6.92 Å². The van der Waals surface area contributed by atoms with Crippen LogP contribution in [-0.2, 0) is 7.05 Å². The molecule has 2 aromatic rings. The van der Waals surface area contributed by atoms with Gasteiger partial charge in [0.2, 0.25) is 0 Å². The lowest BCUT2D eigenvalue weighted by atomic mass is 10.0. The van der Waals surface area contributed by atoms with Gasteiger partial charge in [-0.2, -0.15) is 0 Å². The Morgan fingerprint density at radius 2 is 1.79 bits per heavy atom. The number of allylic oxidation sites excluding steroid dienone is 2. The van der Waals surface area contributed by atoms with Gasteiger partial charge in [-0.1, -0.05) is 13.3 Å². The molecule has 3 rings (SSSR count). The maximum Gasteiger partial charge on any atom is 0.934 e. The minimum atomic E-state index is -2.56. The Labute approximate surface area is 165 Å². The van der Waals surface area contributed by atoms with Crippen molar-refractivity contribution in [2.24, 2.45) is 7.05 Å². The molecule has 2 heterocycles. The summed E-state index contributed by atoms with van der Waals surface area (Å²) in [7, 11) is 1.03. The van der Waals surface area contributed by atoms with Crippen molar-refractivity contribution in [2.75, 3.05) is 7.11 Å². The highest BCUT2D eigenvalue weighted by Gasteiger charge is 2.45. The molecule has 1 aromatic heterocycles. The lowest BCUT2D eigenvalue weighted by Gasteiger charge is -2.07. The van der Waals surface area contributed by atoms with Crippen LogP contribution in [0.5, 0.6) is 5.75 Å². The maximum absolute atomic E-state index is 13.8. The van der Waals surface area contributed by atoms with E-state index in [4.69, 9.17) is 4.74 Å². The lowest BCUT2D eigenvalue weighted by Crippen LogP contribution is -2.24. The summed E-state index contributed by atoms with van der Waals surface area (Å²) in [5, 5.41) is 0. The summed E-state index contributed by atoms with van der Waals surface area (Å²) in [6, 6.07) is 11.8. The number of methoxy groups -OCH3 is 1. The first-order chi connectivity index (χ1) is 13.4. The fourth-order valence-corrected chi connectivity index (χ4v) is 3.84. The molecular weight excluding hydrogens is 357 g/mol. The van der Waals surface area contributed by atoms with Crippen LogP contribution >= 0.6 is 0 Å². The van der Waals surface area contributed by atoms with Gasteiger partial charge in [-0.05, 0) is 55.3 Å². The quantitative estimate of drug-likeness (QED) is 0.596. The minimum Gasteiger partial charge on any atom is -0.497 e. The Balaban J connectivity index is 2.04. The molecule has 3 nitrogen and oxygen atoms in total. The molecule has 0 radical (unpaired) electrons. The third-order valence-electron chi connectivity index (χ3n) is 5.42. The van der Waals surface area contributed by atoms with Crippen molar-refractivity contribution < 1.29 is 17.9 Å². The highest BCUT2D eigenvalue weighted by Crippen LogP contribution is 2.32. The average Bonchev–Trinajstić information content (AvgIpc) is 3.15. The molecule has 0 fully saturated rings. The Morgan fingerprint density at radius 1 is 1.11 bits per heavy atom. The second-order valence-corrected chi connectivity index (χ2v) is 7.05. The molecular formula is C22H26BF2N2O+. The zero-order valence-electron chi connectivity index (χ0n) is 17.1. The van der Waals surface area contributed by atoms with Crippen molar-refractivity contribution in [3.63, 3.8) is 0 Å². The second-order valence-electron chi connectivity index (χ2n) is 7.05. The molecule has 0 aliphatic carbocycles. The van der Waals surface area contributed by atoms with Crippen molar-refractivity contribution in [2.45, 2.75) is 33.6 Å². The normalized spacial score (nSPS) is 15.8. The second kappa shape index (κ2) is 8.17. The number of nitrogens with zero attached hydrogens (tertiary/aromatic N) is 2. The Morgan fingerprint density at radius 3 is 2.36 bits per heavy atom. The third-order valence-corrected chi connectivity index (χ3v) is 5.42. The van der Waals surface area contributed by atoms with E-state index in [0.29, 0.717) is 11.4 Å². The van der Waals surface area contributed by atoms with Gasteiger partial charge in [0, 0.05) is 42.6 Å². The van der Waals surface area contributed by atoms with Gasteiger partial charge in [0.15, 0.2) is 11.4 Å². The van der Waals surface area contributed by atoms with Gasteiger partial charge in [-0.15, -0.1) is 0 Å². The van der Waals surface area contributed by atoms with Crippen LogP contribution in [0, 0.1) is 0 Å². The first-order valence-corrected chi connectivity index (χ1v) is 9.52. The lowest BCUT2D eigenvalue weighted by molar-refractivity contribution is -0.342. The first kappa shape index (κ1) is 20.1. The predicted molar refractivity (Wildman–Crippen MR) is 112 cm³/mol. The van der Waals surface area contributed by atoms with E-state index in [1.807, 2.05) is 61.0 Å². The summed E-state index contributed by atoms with van der Waals surface area (Å²) in [6.45, 7) is 5.80. The van der Waals surface area contributed by atoms with Gasteiger partial charge >= 0.3 is 7.40 Å². The zero-order chi connectivity index (χ0) is 20.4. The molecule has 0 bridgehead atoms. The largest absolute Gasteiger partial charge is 0.934 e. The van der Waals surface area contributed by atoms with Gasteiger partial charge in [0.05, 0.1) is 7.11 Å². The van der Waals surface area contributed by atoms with E-state index in [1.165, 1.54) is 0 Å². The standard InChI is InChI=1S/C22H26BF2N2O/c1-6-7-20-15(2)22(27(16(20)3)23(24)25)14-18-10-13-21(26(18)4)17-8-11-19(28-5)12-9-17/h8-14H,6-7H2,1-5H3/q+1. The molecule has 146 valence electrons. The molecule has 6 heteroatoms. The highest BCUT2D eigenvalue weighted by molar-refractivity contribution is 6.35. The zero-order valence-corrected chi connectivity index (χ0v) is 17.1. The average molecular weight is 383 g/mol. The number of benzene rings is 1. The maximum atomic E-state index is 13.8. The van der Waals surface area contributed by atoms with Crippen LogP contribution in [0.3, 0.4) is 0 Å². The number of ether oxygens (including phenoxy) is 1. The highest BCUT2D eigenvalue weighted by atomic mass is 19.2. The smallest absolute Gasteiger partial charge is 0.497 e. The van der Waals surface area contributed by atoms with E-state index >= 15 is 0 Å². The molecule has 0 saturated heterocycles. The fraction of sp³-hybridized carbons (Fsp3) is 0.318. The van der Waals surface area contributed by atoms with Crippen molar-refractivity contribution >= 4 is 19.2 Å². The number of halogens is 2. The Bertz CT molecular complexity index is 969. The molecule has 1 aliphatic heterocycles. The monoisotopic (exact) mass is 383 g/mol. The summed E-state index contributed by atoms with van der Waals surface area (Å²) in [5.74, 6) is 0.800. The van der Waals surface area contributed by atoms with Gasteiger partial charge < -0.3 is 9.30 Å². The van der Waals surface area contributed by atoms with Crippen LogP contribution in [0.2, 0.25) is 0 Å². The molecule has 0 spiro atoms. The summed E-state index contributed by atoms with van der Waals surface area (Å²) >= 11 is 0. The summed E-state index contributed by atoms with van der Waals surface area (Å²) in [5.41, 5.74) is 6.16. The number of rotatable bonds is 6. The van der Waals surface area contributed by atoms with Crippen LogP contribution in [-0.4, -0.2) is 29.3 Å². The van der Waals surface area contributed by atoms with Crippen LogP contribution in [0.15, 0.2) is 53.2 Å². The Kier molecular flexibility index (Phi) is 5.87. The molecule has 28 heavy (non-hydrogen) atoms. The SMILES string of the molecule is CCCC1=C(C)/C(=C/c2ccc(-c3ccc(OC)cc3)n2C)[N+](B(F)F)=C1C. The van der Waals surface area contributed by atoms with Gasteiger partial charge in [0.25, 0.3) is 0 Å². The van der Waals surface area contributed by atoms with Crippen molar-refractivity contribution in [3.8, 4) is 17.0 Å². The van der Waals surface area contributed by atoms with Crippen LogP contribution in [0.4, 0.5) is 8.63 Å². The number of hydrogen-bond donors (Lipinski definition) is 0. The van der Waals surface area contributed by atoms with E-state index in [0.717, 1.165) is 51.2 Å². The summed E-state index contributed by atoms with van der Waals surface area (Å²) in [6.07, 6.45) is 3.60. The number of aromatic nitrogens is 1. The van der Waals surface area contributed by atoms with Crippen molar-refractivity contribution in [3.05, 3.63) is 58.9 Å². The third kappa shape index (κ3) is 3.55. The molecule has 1 aromatic carbocycles.